The largest absolute Gasteiger partial charge is 0.364 e. The van der Waals surface area contributed by atoms with Gasteiger partial charge in [0.15, 0.2) is 0 Å². The molecule has 102 valence electrons. The Morgan fingerprint density at radius 3 is 2.50 bits per heavy atom. The topological polar surface area (TPSA) is 37.0 Å². The van der Waals surface area contributed by atoms with E-state index < -0.39 is 0 Å². The van der Waals surface area contributed by atoms with Gasteiger partial charge in [-0.3, -0.25) is 0 Å². The van der Waals surface area contributed by atoms with Gasteiger partial charge in [-0.2, -0.15) is 0 Å². The van der Waals surface area contributed by atoms with Crippen LogP contribution in [0.2, 0.25) is 5.02 Å². The zero-order chi connectivity index (χ0) is 13.8. The van der Waals surface area contributed by atoms with Gasteiger partial charge in [0.1, 0.15) is 5.82 Å². The Hall–Kier alpha value is -0.800. The Balaban J connectivity index is 2.62. The van der Waals surface area contributed by atoms with Gasteiger partial charge < -0.3 is 10.6 Å². The Morgan fingerprint density at radius 2 is 2.00 bits per heavy atom. The monoisotopic (exact) mass is 269 g/mol. The Bertz CT molecular complexity index is 383. The van der Waals surface area contributed by atoms with Gasteiger partial charge in [0.2, 0.25) is 0 Å². The van der Waals surface area contributed by atoms with Crippen molar-refractivity contribution in [2.45, 2.75) is 46.7 Å². The minimum atomic E-state index is -0.0337. The predicted octanol–water partition coefficient (Wildman–Crippen LogP) is 3.69. The molecule has 0 saturated heterocycles. The molecule has 1 aromatic heterocycles. The van der Waals surface area contributed by atoms with Crippen LogP contribution in [0.4, 0.5) is 5.82 Å². The first kappa shape index (κ1) is 15.3. The molecule has 0 unspecified atom stereocenters. The summed E-state index contributed by atoms with van der Waals surface area (Å²) >= 11 is 6.22. The molecule has 0 spiro atoms. The summed E-state index contributed by atoms with van der Waals surface area (Å²) in [5.74, 6) is 1.40. The molecule has 0 saturated carbocycles. The molecule has 1 aromatic rings. The second-order valence-corrected chi connectivity index (χ2v) is 6.48. The highest BCUT2D eigenvalue weighted by Crippen LogP contribution is 2.23. The van der Waals surface area contributed by atoms with E-state index >= 15 is 0 Å². The van der Waals surface area contributed by atoms with Crippen molar-refractivity contribution < 1.29 is 0 Å². The summed E-state index contributed by atoms with van der Waals surface area (Å²) < 4.78 is 0. The lowest BCUT2D eigenvalue weighted by Crippen LogP contribution is -2.27. The molecule has 1 heterocycles. The summed E-state index contributed by atoms with van der Waals surface area (Å²) in [5, 5.41) is 7.34. The minimum Gasteiger partial charge on any atom is -0.364 e. The zero-order valence-corrected chi connectivity index (χ0v) is 12.7. The second kappa shape index (κ2) is 6.39. The van der Waals surface area contributed by atoms with Crippen LogP contribution in [0.25, 0.3) is 0 Å². The number of pyridine rings is 1. The van der Waals surface area contributed by atoms with E-state index in [1.54, 1.807) is 0 Å². The number of nitrogens with zero attached hydrogens (tertiary/aromatic N) is 1. The van der Waals surface area contributed by atoms with Crippen molar-refractivity contribution >= 4 is 17.4 Å². The van der Waals surface area contributed by atoms with E-state index in [1.165, 1.54) is 0 Å². The molecule has 0 atom stereocenters. The van der Waals surface area contributed by atoms with Crippen LogP contribution in [0.5, 0.6) is 0 Å². The summed E-state index contributed by atoms with van der Waals surface area (Å²) in [6.45, 7) is 12.4. The van der Waals surface area contributed by atoms with Gasteiger partial charge in [-0.05, 0) is 44.9 Å². The fourth-order valence-corrected chi connectivity index (χ4v) is 1.76. The first-order valence-electron chi connectivity index (χ1n) is 6.41. The average molecular weight is 270 g/mol. The van der Waals surface area contributed by atoms with Crippen molar-refractivity contribution in [3.8, 4) is 0 Å². The fourth-order valence-electron chi connectivity index (χ4n) is 1.53. The first-order chi connectivity index (χ1) is 8.28. The number of rotatable bonds is 5. The Kier molecular flexibility index (Phi) is 5.42. The van der Waals surface area contributed by atoms with E-state index in [1.807, 2.05) is 12.3 Å². The van der Waals surface area contributed by atoms with Crippen LogP contribution in [-0.2, 0) is 6.54 Å². The van der Waals surface area contributed by atoms with Gasteiger partial charge >= 0.3 is 0 Å². The minimum absolute atomic E-state index is 0.0337. The van der Waals surface area contributed by atoms with Crippen LogP contribution in [0.1, 0.15) is 40.2 Å². The second-order valence-electron chi connectivity index (χ2n) is 6.07. The van der Waals surface area contributed by atoms with Gasteiger partial charge in [0.25, 0.3) is 0 Å². The SMILES string of the molecule is CC(C)CNCc1cnc(NC(C)(C)C)c(Cl)c1. The maximum atomic E-state index is 6.22. The van der Waals surface area contributed by atoms with E-state index in [9.17, 15) is 0 Å². The summed E-state index contributed by atoms with van der Waals surface area (Å²) in [6.07, 6.45) is 1.87. The number of nitrogens with one attached hydrogen (secondary N) is 2. The molecular weight excluding hydrogens is 246 g/mol. The molecule has 0 aromatic carbocycles. The van der Waals surface area contributed by atoms with Crippen LogP contribution in [0.15, 0.2) is 12.3 Å². The number of hydrogen-bond acceptors (Lipinski definition) is 3. The molecule has 0 radical (unpaired) electrons. The van der Waals surface area contributed by atoms with Crippen LogP contribution in [0.3, 0.4) is 0 Å². The summed E-state index contributed by atoms with van der Waals surface area (Å²) in [7, 11) is 0. The van der Waals surface area contributed by atoms with Crippen molar-refractivity contribution in [2.75, 3.05) is 11.9 Å². The lowest BCUT2D eigenvalue weighted by atomic mass is 10.1. The molecule has 0 aliphatic heterocycles. The molecule has 1 rings (SSSR count). The standard InChI is InChI=1S/C14H24ClN3/c1-10(2)7-16-8-11-6-12(15)13(17-9-11)18-14(3,4)5/h6,9-10,16H,7-8H2,1-5H3,(H,17,18). The Morgan fingerprint density at radius 1 is 1.33 bits per heavy atom. The lowest BCUT2D eigenvalue weighted by Gasteiger charge is -2.22. The highest BCUT2D eigenvalue weighted by molar-refractivity contribution is 6.33. The molecule has 0 aliphatic rings. The van der Waals surface area contributed by atoms with E-state index in [2.05, 4.69) is 50.2 Å². The van der Waals surface area contributed by atoms with Crippen LogP contribution < -0.4 is 10.6 Å². The van der Waals surface area contributed by atoms with Gasteiger partial charge in [-0.15, -0.1) is 0 Å². The summed E-state index contributed by atoms with van der Waals surface area (Å²) in [4.78, 5) is 4.38. The third-order valence-electron chi connectivity index (χ3n) is 2.27. The predicted molar refractivity (Wildman–Crippen MR) is 79.2 cm³/mol. The molecule has 18 heavy (non-hydrogen) atoms. The third-order valence-corrected chi connectivity index (χ3v) is 2.56. The normalized spacial score (nSPS) is 11.9. The summed E-state index contributed by atoms with van der Waals surface area (Å²) in [6, 6.07) is 1.97. The average Bonchev–Trinajstić information content (AvgIpc) is 2.19. The number of halogens is 1. The smallest absolute Gasteiger partial charge is 0.145 e. The molecule has 0 bridgehead atoms. The van der Waals surface area contributed by atoms with E-state index in [4.69, 9.17) is 11.6 Å². The van der Waals surface area contributed by atoms with Gasteiger partial charge in [0.05, 0.1) is 5.02 Å². The number of aromatic nitrogens is 1. The first-order valence-corrected chi connectivity index (χ1v) is 6.79. The van der Waals surface area contributed by atoms with Gasteiger partial charge in [-0.1, -0.05) is 25.4 Å². The van der Waals surface area contributed by atoms with Crippen LogP contribution >= 0.6 is 11.6 Å². The maximum absolute atomic E-state index is 6.22. The van der Waals surface area contributed by atoms with Gasteiger partial charge in [-0.25, -0.2) is 4.98 Å². The molecule has 0 aliphatic carbocycles. The van der Waals surface area contributed by atoms with Crippen LogP contribution in [-0.4, -0.2) is 17.1 Å². The summed E-state index contributed by atoms with van der Waals surface area (Å²) in [5.41, 5.74) is 1.08. The quantitative estimate of drug-likeness (QED) is 0.856. The van der Waals surface area contributed by atoms with E-state index in [0.717, 1.165) is 24.5 Å². The van der Waals surface area contributed by atoms with E-state index in [0.29, 0.717) is 10.9 Å². The molecule has 3 nitrogen and oxygen atoms in total. The number of anilines is 1. The van der Waals surface area contributed by atoms with E-state index in [-0.39, 0.29) is 5.54 Å². The molecule has 0 amide bonds. The molecular formula is C14H24ClN3. The molecule has 4 heteroatoms. The van der Waals surface area contributed by atoms with Crippen molar-refractivity contribution in [1.29, 1.82) is 0 Å². The van der Waals surface area contributed by atoms with Crippen molar-refractivity contribution in [1.82, 2.24) is 10.3 Å². The van der Waals surface area contributed by atoms with Crippen molar-refractivity contribution in [3.05, 3.63) is 22.8 Å². The molecule has 2 N–H and O–H groups in total. The Labute approximate surface area is 115 Å². The maximum Gasteiger partial charge on any atom is 0.145 e. The fraction of sp³-hybridized carbons (Fsp3) is 0.643. The number of hydrogen-bond donors (Lipinski definition) is 2. The zero-order valence-electron chi connectivity index (χ0n) is 12.0. The third kappa shape index (κ3) is 5.69. The van der Waals surface area contributed by atoms with Crippen LogP contribution in [0, 0.1) is 5.92 Å². The van der Waals surface area contributed by atoms with Crippen molar-refractivity contribution in [2.24, 2.45) is 5.92 Å². The highest BCUT2D eigenvalue weighted by atomic mass is 35.5. The highest BCUT2D eigenvalue weighted by Gasteiger charge is 2.12. The molecule has 0 fully saturated rings. The lowest BCUT2D eigenvalue weighted by molar-refractivity contribution is 0.552. The van der Waals surface area contributed by atoms with Gasteiger partial charge in [0, 0.05) is 18.3 Å². The van der Waals surface area contributed by atoms with Crippen molar-refractivity contribution in [3.63, 3.8) is 0 Å².